The summed E-state index contributed by atoms with van der Waals surface area (Å²) in [5.41, 5.74) is 2.77. The lowest BCUT2D eigenvalue weighted by atomic mass is 10.3. The first-order valence-electron chi connectivity index (χ1n) is 4.85. The van der Waals surface area contributed by atoms with E-state index >= 15 is 0 Å². The quantitative estimate of drug-likeness (QED) is 0.615. The van der Waals surface area contributed by atoms with E-state index in [1.165, 1.54) is 0 Å². The third kappa shape index (κ3) is 9.87. The average Bonchev–Trinajstić information content (AvgIpc) is 2.16. The lowest BCUT2D eigenvalue weighted by Crippen LogP contribution is -2.18. The Kier molecular flexibility index (Phi) is 10.00. The molecule has 0 aromatic rings. The number of halogens is 1. The van der Waals surface area contributed by atoms with Gasteiger partial charge in [0.1, 0.15) is 0 Å². The van der Waals surface area contributed by atoms with Gasteiger partial charge in [-0.2, -0.15) is 0 Å². The van der Waals surface area contributed by atoms with Crippen molar-refractivity contribution in [1.29, 1.82) is 0 Å². The van der Waals surface area contributed by atoms with Crippen molar-refractivity contribution in [3.63, 3.8) is 0 Å². The van der Waals surface area contributed by atoms with Crippen molar-refractivity contribution in [2.45, 2.75) is 26.7 Å². The Hall–Kier alpha value is -0.0500. The van der Waals surface area contributed by atoms with Crippen LogP contribution in [0, 0.1) is 0 Å². The molecule has 1 N–H and O–H groups in total. The minimum absolute atomic E-state index is 0.852. The first-order valence-corrected chi connectivity index (χ1v) is 5.29. The van der Waals surface area contributed by atoms with E-state index < -0.39 is 0 Å². The average molecular weight is 206 g/mol. The Labute approximate surface area is 86.3 Å². The maximum atomic E-state index is 5.51. The molecule has 0 aliphatic heterocycles. The van der Waals surface area contributed by atoms with Crippen molar-refractivity contribution in [2.75, 3.05) is 26.3 Å². The van der Waals surface area contributed by atoms with E-state index in [9.17, 15) is 0 Å². The highest BCUT2D eigenvalue weighted by molar-refractivity contribution is 6.25. The second-order valence-corrected chi connectivity index (χ2v) is 3.32. The maximum absolute atomic E-state index is 5.51. The van der Waals surface area contributed by atoms with E-state index in [0.717, 1.165) is 44.7 Å². The number of hydrogen-bond acceptors (Lipinski definition) is 2. The van der Waals surface area contributed by atoms with E-state index in [2.05, 4.69) is 12.2 Å². The summed E-state index contributed by atoms with van der Waals surface area (Å²) in [5.74, 6) is 0. The van der Waals surface area contributed by atoms with Crippen molar-refractivity contribution in [3.05, 3.63) is 11.1 Å². The molecule has 0 aliphatic carbocycles. The Bertz CT molecular complexity index is 137. The molecule has 2 nitrogen and oxygen atoms in total. The first kappa shape index (κ1) is 12.9. The van der Waals surface area contributed by atoms with E-state index in [1.807, 2.05) is 6.92 Å². The molecule has 0 bridgehead atoms. The van der Waals surface area contributed by atoms with Crippen LogP contribution in [0.15, 0.2) is 11.1 Å². The van der Waals surface area contributed by atoms with Crippen LogP contribution < -0.4 is 5.32 Å². The van der Waals surface area contributed by atoms with Gasteiger partial charge in [-0.15, -0.1) is 0 Å². The molecule has 0 aromatic heterocycles. The summed E-state index contributed by atoms with van der Waals surface area (Å²) in [7, 11) is 0. The number of nitrogens with one attached hydrogen (secondary N) is 1. The summed E-state index contributed by atoms with van der Waals surface area (Å²) < 4.78 is 5.34. The molecule has 78 valence electrons. The van der Waals surface area contributed by atoms with E-state index in [1.54, 1.807) is 5.54 Å². The Morgan fingerprint density at radius 1 is 1.46 bits per heavy atom. The molecule has 0 saturated heterocycles. The second-order valence-electron chi connectivity index (χ2n) is 3.10. The largest absolute Gasteiger partial charge is 0.381 e. The highest BCUT2D eigenvalue weighted by Crippen LogP contribution is 1.92. The second kappa shape index (κ2) is 10.0. The van der Waals surface area contributed by atoms with Crippen molar-refractivity contribution < 1.29 is 4.74 Å². The maximum Gasteiger partial charge on any atom is 0.0478 e. The van der Waals surface area contributed by atoms with Crippen LogP contribution in [-0.4, -0.2) is 26.3 Å². The van der Waals surface area contributed by atoms with Crippen LogP contribution >= 0.6 is 11.6 Å². The standard InChI is InChI=1S/C10H20ClNO/c1-3-6-13-7-4-5-12-9-10(2)8-11/h8,12H,3-7,9H2,1-2H3. The minimum Gasteiger partial charge on any atom is -0.381 e. The van der Waals surface area contributed by atoms with Gasteiger partial charge < -0.3 is 10.1 Å². The zero-order valence-electron chi connectivity index (χ0n) is 8.61. The number of rotatable bonds is 8. The molecule has 0 radical (unpaired) electrons. The summed E-state index contributed by atoms with van der Waals surface area (Å²) in [6.45, 7) is 7.72. The fraction of sp³-hybridized carbons (Fsp3) is 0.800. The predicted octanol–water partition coefficient (Wildman–Crippen LogP) is 2.54. The van der Waals surface area contributed by atoms with Gasteiger partial charge in [0.25, 0.3) is 0 Å². The van der Waals surface area contributed by atoms with Crippen LogP contribution in [0.1, 0.15) is 26.7 Å². The van der Waals surface area contributed by atoms with Gasteiger partial charge in [-0.1, -0.05) is 18.5 Å². The van der Waals surface area contributed by atoms with Crippen LogP contribution in [0.3, 0.4) is 0 Å². The summed E-state index contributed by atoms with van der Waals surface area (Å²) in [4.78, 5) is 0. The van der Waals surface area contributed by atoms with Gasteiger partial charge in [0, 0.05) is 25.3 Å². The Morgan fingerprint density at radius 2 is 2.23 bits per heavy atom. The van der Waals surface area contributed by atoms with Crippen LogP contribution in [0.5, 0.6) is 0 Å². The van der Waals surface area contributed by atoms with Gasteiger partial charge in [-0.25, -0.2) is 0 Å². The van der Waals surface area contributed by atoms with Crippen molar-refractivity contribution in [2.24, 2.45) is 0 Å². The molecule has 0 saturated carbocycles. The summed E-state index contributed by atoms with van der Waals surface area (Å²) in [6, 6.07) is 0. The zero-order chi connectivity index (χ0) is 9.94. The molecule has 0 unspecified atom stereocenters. The molecule has 0 amide bonds. The number of ether oxygens (including phenoxy) is 1. The smallest absolute Gasteiger partial charge is 0.0478 e. The molecule has 3 heteroatoms. The molecule has 0 aromatic carbocycles. The molecule has 0 fully saturated rings. The molecule has 0 heterocycles. The van der Waals surface area contributed by atoms with Crippen LogP contribution in [0.2, 0.25) is 0 Å². The molecule has 0 spiro atoms. The summed E-state index contributed by atoms with van der Waals surface area (Å²) in [6.07, 6.45) is 2.16. The minimum atomic E-state index is 0.852. The predicted molar refractivity (Wildman–Crippen MR) is 58.2 cm³/mol. The molecular weight excluding hydrogens is 186 g/mol. The normalized spacial score (nSPS) is 12.1. The molecule has 13 heavy (non-hydrogen) atoms. The molecule has 0 rings (SSSR count). The van der Waals surface area contributed by atoms with Gasteiger partial charge in [-0.3, -0.25) is 0 Å². The van der Waals surface area contributed by atoms with E-state index in [0.29, 0.717) is 0 Å². The highest BCUT2D eigenvalue weighted by atomic mass is 35.5. The molecular formula is C10H20ClNO. The molecule has 0 aliphatic rings. The van der Waals surface area contributed by atoms with Crippen molar-refractivity contribution in [1.82, 2.24) is 5.32 Å². The van der Waals surface area contributed by atoms with Gasteiger partial charge in [-0.05, 0) is 31.9 Å². The van der Waals surface area contributed by atoms with Crippen LogP contribution in [-0.2, 0) is 4.74 Å². The van der Waals surface area contributed by atoms with Crippen molar-refractivity contribution in [3.8, 4) is 0 Å². The highest BCUT2D eigenvalue weighted by Gasteiger charge is 1.90. The lowest BCUT2D eigenvalue weighted by Gasteiger charge is -2.04. The van der Waals surface area contributed by atoms with Crippen LogP contribution in [0.4, 0.5) is 0 Å². The topological polar surface area (TPSA) is 21.3 Å². The third-order valence-corrected chi connectivity index (χ3v) is 1.95. The summed E-state index contributed by atoms with van der Waals surface area (Å²) >= 11 is 5.51. The fourth-order valence-corrected chi connectivity index (χ4v) is 0.947. The van der Waals surface area contributed by atoms with Crippen LogP contribution in [0.25, 0.3) is 0 Å². The fourth-order valence-electron chi connectivity index (χ4n) is 0.870. The van der Waals surface area contributed by atoms with Gasteiger partial charge in [0.05, 0.1) is 0 Å². The monoisotopic (exact) mass is 205 g/mol. The first-order chi connectivity index (χ1) is 6.31. The SMILES string of the molecule is CCCOCCCNCC(C)=CCl. The van der Waals surface area contributed by atoms with Gasteiger partial charge >= 0.3 is 0 Å². The number of hydrogen-bond donors (Lipinski definition) is 1. The zero-order valence-corrected chi connectivity index (χ0v) is 9.36. The Morgan fingerprint density at radius 3 is 2.85 bits per heavy atom. The lowest BCUT2D eigenvalue weighted by molar-refractivity contribution is 0.132. The van der Waals surface area contributed by atoms with Gasteiger partial charge in [0.2, 0.25) is 0 Å². The van der Waals surface area contributed by atoms with Gasteiger partial charge in [0.15, 0.2) is 0 Å². The molecule has 0 atom stereocenters. The Balaban J connectivity index is 3.00. The third-order valence-electron chi connectivity index (χ3n) is 1.58. The van der Waals surface area contributed by atoms with E-state index in [-0.39, 0.29) is 0 Å². The van der Waals surface area contributed by atoms with Crippen molar-refractivity contribution >= 4 is 11.6 Å². The summed E-state index contributed by atoms with van der Waals surface area (Å²) in [5, 5.41) is 3.28. The van der Waals surface area contributed by atoms with E-state index in [4.69, 9.17) is 16.3 Å².